The van der Waals surface area contributed by atoms with Crippen molar-refractivity contribution in [3.05, 3.63) is 58.9 Å². The Bertz CT molecular complexity index is 545. The third-order valence-corrected chi connectivity index (χ3v) is 3.36. The second-order valence-electron chi connectivity index (χ2n) is 4.27. The van der Waals surface area contributed by atoms with Crippen molar-refractivity contribution >= 4 is 11.6 Å². The van der Waals surface area contributed by atoms with E-state index in [4.69, 9.17) is 16.3 Å². The molecule has 0 aliphatic rings. The number of methoxy groups -OCH3 is 1. The molecule has 3 nitrogen and oxygen atoms in total. The van der Waals surface area contributed by atoms with Gasteiger partial charge in [0.25, 0.3) is 0 Å². The van der Waals surface area contributed by atoms with Crippen molar-refractivity contribution in [3.63, 3.8) is 0 Å². The van der Waals surface area contributed by atoms with Crippen LogP contribution in [0, 0.1) is 0 Å². The zero-order chi connectivity index (χ0) is 13.7. The fourth-order valence-corrected chi connectivity index (χ4v) is 2.28. The molecule has 0 amide bonds. The number of halogens is 1. The summed E-state index contributed by atoms with van der Waals surface area (Å²) >= 11 is 6.20. The van der Waals surface area contributed by atoms with Crippen LogP contribution in [0.15, 0.2) is 42.6 Å². The van der Waals surface area contributed by atoms with Gasteiger partial charge in [0.05, 0.1) is 23.9 Å². The predicted molar refractivity (Wildman–Crippen MR) is 77.7 cm³/mol. The van der Waals surface area contributed by atoms with Gasteiger partial charge < -0.3 is 10.1 Å². The molecular weight excluding hydrogens is 260 g/mol. The number of likely N-dealkylation sites (N-methyl/N-ethyl adjacent to an activating group) is 1. The minimum atomic E-state index is 0.0841. The highest BCUT2D eigenvalue weighted by molar-refractivity contribution is 6.31. The summed E-state index contributed by atoms with van der Waals surface area (Å²) in [6, 6.07) is 11.8. The van der Waals surface area contributed by atoms with Gasteiger partial charge in [-0.1, -0.05) is 23.7 Å². The summed E-state index contributed by atoms with van der Waals surface area (Å²) in [5, 5.41) is 3.94. The molecule has 1 heterocycles. The third-order valence-electron chi connectivity index (χ3n) is 3.04. The first kappa shape index (κ1) is 13.8. The number of nitrogens with one attached hydrogen (secondary N) is 1. The summed E-state index contributed by atoms with van der Waals surface area (Å²) in [6.07, 6.45) is 2.57. The number of pyridine rings is 1. The van der Waals surface area contributed by atoms with Crippen LogP contribution in [-0.2, 0) is 6.42 Å². The molecule has 1 atom stereocenters. The SMILES string of the molecule is CNC(Cc1cccc(OC)c1)c1ncccc1Cl. The van der Waals surface area contributed by atoms with Gasteiger partial charge in [-0.2, -0.15) is 0 Å². The highest BCUT2D eigenvalue weighted by Crippen LogP contribution is 2.24. The fraction of sp³-hybridized carbons (Fsp3) is 0.267. The lowest BCUT2D eigenvalue weighted by atomic mass is 10.0. The van der Waals surface area contributed by atoms with Gasteiger partial charge in [0, 0.05) is 6.20 Å². The topological polar surface area (TPSA) is 34.1 Å². The first-order valence-corrected chi connectivity index (χ1v) is 6.53. The zero-order valence-electron chi connectivity index (χ0n) is 11.1. The van der Waals surface area contributed by atoms with E-state index in [2.05, 4.69) is 16.4 Å². The quantitative estimate of drug-likeness (QED) is 0.910. The molecule has 1 N–H and O–H groups in total. The van der Waals surface area contributed by atoms with Crippen molar-refractivity contribution in [3.8, 4) is 5.75 Å². The standard InChI is InChI=1S/C15H17ClN2O/c1-17-14(15-13(16)7-4-8-18-15)10-11-5-3-6-12(9-11)19-2/h3-9,14,17H,10H2,1-2H3. The minimum Gasteiger partial charge on any atom is -0.497 e. The average Bonchev–Trinajstić information content (AvgIpc) is 2.46. The monoisotopic (exact) mass is 276 g/mol. The first-order chi connectivity index (χ1) is 9.24. The molecule has 0 aliphatic heterocycles. The Morgan fingerprint density at radius 3 is 2.84 bits per heavy atom. The van der Waals surface area contributed by atoms with E-state index in [1.165, 1.54) is 5.56 Å². The summed E-state index contributed by atoms with van der Waals surface area (Å²) < 4.78 is 5.24. The van der Waals surface area contributed by atoms with Crippen LogP contribution in [0.3, 0.4) is 0 Å². The lowest BCUT2D eigenvalue weighted by molar-refractivity contribution is 0.414. The fourth-order valence-electron chi connectivity index (χ4n) is 2.02. The molecular formula is C15H17ClN2O. The van der Waals surface area contributed by atoms with Crippen molar-refractivity contribution in [2.75, 3.05) is 14.2 Å². The van der Waals surface area contributed by atoms with Gasteiger partial charge in [-0.25, -0.2) is 0 Å². The second kappa shape index (κ2) is 6.55. The van der Waals surface area contributed by atoms with Gasteiger partial charge in [0.15, 0.2) is 0 Å². The Morgan fingerprint density at radius 1 is 1.32 bits per heavy atom. The molecule has 0 spiro atoms. The van der Waals surface area contributed by atoms with Gasteiger partial charge in [0.1, 0.15) is 5.75 Å². The molecule has 2 rings (SSSR count). The molecule has 1 aromatic heterocycles. The number of ether oxygens (including phenoxy) is 1. The van der Waals surface area contributed by atoms with Gasteiger partial charge >= 0.3 is 0 Å². The molecule has 0 saturated carbocycles. The molecule has 0 fully saturated rings. The van der Waals surface area contributed by atoms with E-state index in [0.29, 0.717) is 5.02 Å². The van der Waals surface area contributed by atoms with Crippen molar-refractivity contribution in [2.24, 2.45) is 0 Å². The number of nitrogens with zero attached hydrogens (tertiary/aromatic N) is 1. The van der Waals surface area contributed by atoms with Crippen LogP contribution < -0.4 is 10.1 Å². The highest BCUT2D eigenvalue weighted by Gasteiger charge is 2.14. The summed E-state index contributed by atoms with van der Waals surface area (Å²) in [7, 11) is 3.58. The van der Waals surface area contributed by atoms with Crippen molar-refractivity contribution in [1.82, 2.24) is 10.3 Å². The Kier molecular flexibility index (Phi) is 4.77. The van der Waals surface area contributed by atoms with E-state index < -0.39 is 0 Å². The van der Waals surface area contributed by atoms with E-state index >= 15 is 0 Å². The van der Waals surface area contributed by atoms with Crippen molar-refractivity contribution in [1.29, 1.82) is 0 Å². The third kappa shape index (κ3) is 3.46. The normalized spacial score (nSPS) is 12.2. The van der Waals surface area contributed by atoms with Gasteiger partial charge in [-0.15, -0.1) is 0 Å². The molecule has 0 saturated heterocycles. The maximum absolute atomic E-state index is 6.20. The van der Waals surface area contributed by atoms with E-state index in [9.17, 15) is 0 Å². The van der Waals surface area contributed by atoms with Crippen LogP contribution in [0.4, 0.5) is 0 Å². The zero-order valence-corrected chi connectivity index (χ0v) is 11.8. The maximum Gasteiger partial charge on any atom is 0.119 e. The Morgan fingerprint density at radius 2 is 2.16 bits per heavy atom. The molecule has 100 valence electrons. The molecule has 2 aromatic rings. The van der Waals surface area contributed by atoms with Gasteiger partial charge in [-0.3, -0.25) is 4.98 Å². The summed E-state index contributed by atoms with van der Waals surface area (Å²) in [6.45, 7) is 0. The van der Waals surface area contributed by atoms with Crippen LogP contribution in [0.1, 0.15) is 17.3 Å². The second-order valence-corrected chi connectivity index (χ2v) is 4.67. The Hall–Kier alpha value is -1.58. The van der Waals surface area contributed by atoms with Crippen LogP contribution in [0.25, 0.3) is 0 Å². The lowest BCUT2D eigenvalue weighted by Crippen LogP contribution is -2.20. The van der Waals surface area contributed by atoms with E-state index in [1.807, 2.05) is 37.4 Å². The molecule has 4 heteroatoms. The highest BCUT2D eigenvalue weighted by atomic mass is 35.5. The lowest BCUT2D eigenvalue weighted by Gasteiger charge is -2.17. The summed E-state index contributed by atoms with van der Waals surface area (Å²) in [5.74, 6) is 0.861. The van der Waals surface area contributed by atoms with Crippen molar-refractivity contribution in [2.45, 2.75) is 12.5 Å². The van der Waals surface area contributed by atoms with E-state index in [-0.39, 0.29) is 6.04 Å². The molecule has 0 aliphatic carbocycles. The summed E-state index contributed by atoms with van der Waals surface area (Å²) in [5.41, 5.74) is 2.05. The average molecular weight is 277 g/mol. The van der Waals surface area contributed by atoms with Gasteiger partial charge in [-0.05, 0) is 43.3 Å². The van der Waals surface area contributed by atoms with Crippen LogP contribution in [0.2, 0.25) is 5.02 Å². The number of rotatable bonds is 5. The van der Waals surface area contributed by atoms with Crippen LogP contribution >= 0.6 is 11.6 Å². The minimum absolute atomic E-state index is 0.0841. The largest absolute Gasteiger partial charge is 0.497 e. The van der Waals surface area contributed by atoms with Gasteiger partial charge in [0.2, 0.25) is 0 Å². The molecule has 1 unspecified atom stereocenters. The molecule has 0 radical (unpaired) electrons. The number of hydrogen-bond acceptors (Lipinski definition) is 3. The summed E-state index contributed by atoms with van der Waals surface area (Å²) in [4.78, 5) is 4.36. The molecule has 19 heavy (non-hydrogen) atoms. The van der Waals surface area contributed by atoms with Crippen LogP contribution in [0.5, 0.6) is 5.75 Å². The predicted octanol–water partition coefficient (Wildman–Crippen LogP) is 3.25. The Labute approximate surface area is 118 Å². The number of aromatic nitrogens is 1. The molecule has 1 aromatic carbocycles. The number of hydrogen-bond donors (Lipinski definition) is 1. The maximum atomic E-state index is 6.20. The Balaban J connectivity index is 2.21. The molecule has 0 bridgehead atoms. The van der Waals surface area contributed by atoms with Crippen molar-refractivity contribution < 1.29 is 4.74 Å². The number of benzene rings is 1. The van der Waals surface area contributed by atoms with Crippen LogP contribution in [-0.4, -0.2) is 19.1 Å². The first-order valence-electron chi connectivity index (χ1n) is 6.15. The smallest absolute Gasteiger partial charge is 0.119 e. The van der Waals surface area contributed by atoms with E-state index in [0.717, 1.165) is 17.9 Å². The van der Waals surface area contributed by atoms with E-state index in [1.54, 1.807) is 13.3 Å².